The molecule has 1 nitrogen and oxygen atoms in total. The second kappa shape index (κ2) is 5.40. The second-order valence-electron chi connectivity index (χ2n) is 4.63. The largest absolute Gasteiger partial charge is 0.388 e. The predicted molar refractivity (Wildman–Crippen MR) is 76.3 cm³/mol. The van der Waals surface area contributed by atoms with Gasteiger partial charge in [0.2, 0.25) is 0 Å². The van der Waals surface area contributed by atoms with Crippen molar-refractivity contribution < 1.29 is 5.11 Å². The van der Waals surface area contributed by atoms with Gasteiger partial charge in [-0.15, -0.1) is 0 Å². The van der Waals surface area contributed by atoms with Gasteiger partial charge in [0, 0.05) is 21.7 Å². The van der Waals surface area contributed by atoms with Crippen molar-refractivity contribution in [3.05, 3.63) is 33.8 Å². The van der Waals surface area contributed by atoms with Gasteiger partial charge in [-0.1, -0.05) is 36.2 Å². The molecule has 0 bridgehead atoms. The van der Waals surface area contributed by atoms with E-state index in [4.69, 9.17) is 23.2 Å². The smallest absolute Gasteiger partial charge is 0.0804 e. The third kappa shape index (κ3) is 3.11. The maximum absolute atomic E-state index is 10.7. The molecule has 0 saturated carbocycles. The molecule has 1 N–H and O–H groups in total. The molecule has 1 aromatic rings. The Bertz CT molecular complexity index is 410. The molecular weight excluding hydrogens is 275 g/mol. The van der Waals surface area contributed by atoms with Crippen LogP contribution in [0.3, 0.4) is 0 Å². The van der Waals surface area contributed by atoms with Gasteiger partial charge in [0.05, 0.1) is 5.60 Å². The van der Waals surface area contributed by atoms with Gasteiger partial charge in [0.1, 0.15) is 0 Å². The normalized spacial score (nSPS) is 29.3. The summed E-state index contributed by atoms with van der Waals surface area (Å²) in [7, 11) is 0. The first-order chi connectivity index (χ1) is 8.01. The lowest BCUT2D eigenvalue weighted by Crippen LogP contribution is -2.43. The van der Waals surface area contributed by atoms with Crippen molar-refractivity contribution in [1.82, 2.24) is 0 Å². The summed E-state index contributed by atoms with van der Waals surface area (Å²) < 4.78 is 0. The van der Waals surface area contributed by atoms with Gasteiger partial charge in [-0.25, -0.2) is 0 Å². The van der Waals surface area contributed by atoms with E-state index in [2.05, 4.69) is 6.92 Å². The van der Waals surface area contributed by atoms with Crippen molar-refractivity contribution in [2.75, 3.05) is 5.75 Å². The SMILES string of the molecule is CC1SCCCC1(O)Cc1ccc(Cl)cc1Cl. The molecule has 1 saturated heterocycles. The molecule has 2 rings (SSSR count). The Morgan fingerprint density at radius 1 is 1.47 bits per heavy atom. The van der Waals surface area contributed by atoms with E-state index < -0.39 is 5.60 Å². The highest BCUT2D eigenvalue weighted by molar-refractivity contribution is 8.00. The lowest BCUT2D eigenvalue weighted by molar-refractivity contribution is 0.0298. The van der Waals surface area contributed by atoms with Crippen molar-refractivity contribution >= 4 is 35.0 Å². The minimum Gasteiger partial charge on any atom is -0.388 e. The van der Waals surface area contributed by atoms with Gasteiger partial charge in [-0.2, -0.15) is 11.8 Å². The van der Waals surface area contributed by atoms with Crippen LogP contribution in [0.25, 0.3) is 0 Å². The van der Waals surface area contributed by atoms with Crippen LogP contribution in [-0.2, 0) is 6.42 Å². The fraction of sp³-hybridized carbons (Fsp3) is 0.538. The molecule has 2 unspecified atom stereocenters. The topological polar surface area (TPSA) is 20.2 Å². The Labute approximate surface area is 117 Å². The van der Waals surface area contributed by atoms with Gasteiger partial charge in [0.25, 0.3) is 0 Å². The Balaban J connectivity index is 2.19. The van der Waals surface area contributed by atoms with Crippen LogP contribution in [0.4, 0.5) is 0 Å². The highest BCUT2D eigenvalue weighted by atomic mass is 35.5. The number of rotatable bonds is 2. The first-order valence-electron chi connectivity index (χ1n) is 5.79. The van der Waals surface area contributed by atoms with Crippen LogP contribution in [0.15, 0.2) is 18.2 Å². The lowest BCUT2D eigenvalue weighted by atomic mass is 9.87. The molecule has 1 fully saturated rings. The fourth-order valence-corrected chi connectivity index (χ4v) is 3.88. The van der Waals surface area contributed by atoms with E-state index in [9.17, 15) is 5.11 Å². The highest BCUT2D eigenvalue weighted by Crippen LogP contribution is 2.37. The summed E-state index contributed by atoms with van der Waals surface area (Å²) in [5, 5.41) is 12.2. The van der Waals surface area contributed by atoms with Gasteiger partial charge in [0.15, 0.2) is 0 Å². The molecule has 2 atom stereocenters. The fourth-order valence-electron chi connectivity index (χ4n) is 2.22. The molecular formula is C13H16Cl2OS. The van der Waals surface area contributed by atoms with E-state index >= 15 is 0 Å². The van der Waals surface area contributed by atoms with E-state index in [1.807, 2.05) is 23.9 Å². The van der Waals surface area contributed by atoms with Gasteiger partial charge >= 0.3 is 0 Å². The molecule has 0 spiro atoms. The van der Waals surface area contributed by atoms with Crippen molar-refractivity contribution in [3.8, 4) is 0 Å². The lowest BCUT2D eigenvalue weighted by Gasteiger charge is -2.38. The van der Waals surface area contributed by atoms with Crippen LogP contribution < -0.4 is 0 Å². The monoisotopic (exact) mass is 290 g/mol. The van der Waals surface area contributed by atoms with Gasteiger partial charge in [-0.05, 0) is 36.3 Å². The second-order valence-corrected chi connectivity index (χ2v) is 6.92. The molecule has 0 aliphatic carbocycles. The number of benzene rings is 1. The third-order valence-electron chi connectivity index (χ3n) is 3.39. The van der Waals surface area contributed by atoms with Crippen molar-refractivity contribution in [3.63, 3.8) is 0 Å². The molecule has 1 aliphatic heterocycles. The number of halogens is 2. The minimum atomic E-state index is -0.639. The Morgan fingerprint density at radius 2 is 2.24 bits per heavy atom. The highest BCUT2D eigenvalue weighted by Gasteiger charge is 2.37. The maximum Gasteiger partial charge on any atom is 0.0804 e. The van der Waals surface area contributed by atoms with E-state index in [0.29, 0.717) is 16.5 Å². The number of hydrogen-bond donors (Lipinski definition) is 1. The molecule has 94 valence electrons. The van der Waals surface area contributed by atoms with Gasteiger partial charge in [-0.3, -0.25) is 0 Å². The van der Waals surface area contributed by atoms with Crippen molar-refractivity contribution in [1.29, 1.82) is 0 Å². The molecule has 0 amide bonds. The van der Waals surface area contributed by atoms with Crippen LogP contribution in [0, 0.1) is 0 Å². The zero-order valence-corrected chi connectivity index (χ0v) is 12.1. The summed E-state index contributed by atoms with van der Waals surface area (Å²) in [5.41, 5.74) is 0.341. The summed E-state index contributed by atoms with van der Waals surface area (Å²) in [6, 6.07) is 5.48. The summed E-state index contributed by atoms with van der Waals surface area (Å²) in [6.07, 6.45) is 2.52. The van der Waals surface area contributed by atoms with Crippen LogP contribution in [0.2, 0.25) is 10.0 Å². The molecule has 0 aromatic heterocycles. The van der Waals surface area contributed by atoms with Gasteiger partial charge < -0.3 is 5.11 Å². The summed E-state index contributed by atoms with van der Waals surface area (Å²) >= 11 is 13.9. The van der Waals surface area contributed by atoms with Crippen LogP contribution >= 0.6 is 35.0 Å². The Kier molecular flexibility index (Phi) is 4.30. The molecule has 1 aromatic carbocycles. The standard InChI is InChI=1S/C13H16Cl2OS/c1-9-13(16,5-2-6-17-9)8-10-3-4-11(14)7-12(10)15/h3-4,7,9,16H,2,5-6,8H2,1H3. The minimum absolute atomic E-state index is 0.253. The number of aliphatic hydroxyl groups is 1. The van der Waals surface area contributed by atoms with E-state index in [1.54, 1.807) is 6.07 Å². The zero-order valence-electron chi connectivity index (χ0n) is 9.75. The number of thioether (sulfide) groups is 1. The third-order valence-corrected chi connectivity index (χ3v) is 5.44. The number of hydrogen-bond acceptors (Lipinski definition) is 2. The average Bonchev–Trinajstić information content (AvgIpc) is 2.27. The van der Waals surface area contributed by atoms with Crippen LogP contribution in [0.1, 0.15) is 25.3 Å². The van der Waals surface area contributed by atoms with E-state index in [1.165, 1.54) is 0 Å². The maximum atomic E-state index is 10.7. The molecule has 1 aliphatic rings. The molecule has 4 heteroatoms. The van der Waals surface area contributed by atoms with Crippen LogP contribution in [-0.4, -0.2) is 21.7 Å². The quantitative estimate of drug-likeness (QED) is 0.882. The summed E-state index contributed by atoms with van der Waals surface area (Å²) in [6.45, 7) is 2.09. The molecule has 0 radical (unpaired) electrons. The first kappa shape index (κ1) is 13.5. The average molecular weight is 291 g/mol. The molecule has 17 heavy (non-hydrogen) atoms. The van der Waals surface area contributed by atoms with Crippen LogP contribution in [0.5, 0.6) is 0 Å². The van der Waals surface area contributed by atoms with Crippen molar-refractivity contribution in [2.45, 2.75) is 37.0 Å². The van der Waals surface area contributed by atoms with E-state index in [0.717, 1.165) is 24.2 Å². The zero-order chi connectivity index (χ0) is 12.5. The molecule has 1 heterocycles. The van der Waals surface area contributed by atoms with E-state index in [-0.39, 0.29) is 5.25 Å². The predicted octanol–water partition coefficient (Wildman–Crippen LogP) is 4.18. The summed E-state index contributed by atoms with van der Waals surface area (Å²) in [5.74, 6) is 1.14. The first-order valence-corrected chi connectivity index (χ1v) is 7.60. The Morgan fingerprint density at radius 3 is 2.88 bits per heavy atom. The van der Waals surface area contributed by atoms with Crippen molar-refractivity contribution in [2.24, 2.45) is 0 Å². The summed E-state index contributed by atoms with van der Waals surface area (Å²) in [4.78, 5) is 0. The Hall–Kier alpha value is 0.110.